The molecule has 0 bridgehead atoms. The lowest BCUT2D eigenvalue weighted by Crippen LogP contribution is -2.18. The molecule has 0 aromatic carbocycles. The van der Waals surface area contributed by atoms with Gasteiger partial charge in [0.2, 0.25) is 0 Å². The predicted octanol–water partition coefficient (Wildman–Crippen LogP) is 3.29. The van der Waals surface area contributed by atoms with Crippen molar-refractivity contribution in [1.82, 2.24) is 24.5 Å². The Morgan fingerprint density at radius 1 is 1.36 bits per heavy atom. The van der Waals surface area contributed by atoms with Gasteiger partial charge in [0.05, 0.1) is 17.9 Å². The van der Waals surface area contributed by atoms with E-state index in [0.29, 0.717) is 11.7 Å². The van der Waals surface area contributed by atoms with E-state index in [-0.39, 0.29) is 5.91 Å². The molecule has 2 N–H and O–H groups in total. The highest BCUT2D eigenvalue weighted by molar-refractivity contribution is 6.03. The Bertz CT molecular complexity index is 896. The van der Waals surface area contributed by atoms with Crippen molar-refractivity contribution in [3.63, 3.8) is 0 Å². The van der Waals surface area contributed by atoms with Gasteiger partial charge >= 0.3 is 0 Å². The molecule has 3 aromatic heterocycles. The van der Waals surface area contributed by atoms with E-state index in [4.69, 9.17) is 0 Å². The Morgan fingerprint density at radius 3 is 2.88 bits per heavy atom. The highest BCUT2D eigenvalue weighted by atomic mass is 16.2. The number of nitrogens with zero attached hydrogens (tertiary/aromatic N) is 4. The van der Waals surface area contributed by atoms with E-state index in [1.165, 1.54) is 12.8 Å². The summed E-state index contributed by atoms with van der Waals surface area (Å²) in [5, 5.41) is 14.6. The third-order valence-electron chi connectivity index (χ3n) is 4.91. The summed E-state index contributed by atoms with van der Waals surface area (Å²) in [5.74, 6) is 0.586. The van der Waals surface area contributed by atoms with Crippen molar-refractivity contribution in [1.29, 1.82) is 0 Å². The van der Waals surface area contributed by atoms with Gasteiger partial charge in [0.1, 0.15) is 17.2 Å². The number of carbonyl (C=O) groups is 1. The van der Waals surface area contributed by atoms with E-state index >= 15 is 0 Å². The van der Waals surface area contributed by atoms with E-state index in [9.17, 15) is 4.79 Å². The monoisotopic (exact) mass is 338 g/mol. The van der Waals surface area contributed by atoms with E-state index in [1.807, 2.05) is 47.7 Å². The Kier molecular flexibility index (Phi) is 3.91. The van der Waals surface area contributed by atoms with Crippen LogP contribution in [0.2, 0.25) is 0 Å². The highest BCUT2D eigenvalue weighted by Crippen LogP contribution is 2.32. The summed E-state index contributed by atoms with van der Waals surface area (Å²) in [6, 6.07) is 6.07. The number of aromatic nitrogens is 5. The summed E-state index contributed by atoms with van der Waals surface area (Å²) in [6.07, 6.45) is 8.44. The lowest BCUT2D eigenvalue weighted by Gasteiger charge is -2.15. The quantitative estimate of drug-likeness (QED) is 0.766. The maximum atomic E-state index is 12.7. The Morgan fingerprint density at radius 2 is 2.16 bits per heavy atom. The van der Waals surface area contributed by atoms with Crippen molar-refractivity contribution in [2.75, 3.05) is 5.32 Å². The van der Waals surface area contributed by atoms with Crippen LogP contribution in [0, 0.1) is 6.92 Å². The summed E-state index contributed by atoms with van der Waals surface area (Å²) in [6.45, 7) is 1.97. The molecule has 7 nitrogen and oxygen atoms in total. The van der Waals surface area contributed by atoms with Gasteiger partial charge in [-0.2, -0.15) is 10.2 Å². The average molecular weight is 338 g/mol. The number of amides is 1. The van der Waals surface area contributed by atoms with E-state index < -0.39 is 0 Å². The van der Waals surface area contributed by atoms with Crippen LogP contribution in [0.4, 0.5) is 5.82 Å². The number of anilines is 1. The second-order valence-corrected chi connectivity index (χ2v) is 6.68. The third kappa shape index (κ3) is 2.86. The number of hydrogen-bond acceptors (Lipinski definition) is 3. The predicted molar refractivity (Wildman–Crippen MR) is 95.4 cm³/mol. The zero-order chi connectivity index (χ0) is 17.4. The summed E-state index contributed by atoms with van der Waals surface area (Å²) < 4.78 is 3.94. The van der Waals surface area contributed by atoms with Crippen LogP contribution in [0.5, 0.6) is 0 Å². The number of nitrogens with one attached hydrogen (secondary N) is 2. The number of rotatable bonds is 4. The van der Waals surface area contributed by atoms with Crippen LogP contribution in [0.15, 0.2) is 30.6 Å². The smallest absolute Gasteiger partial charge is 0.274 e. The first-order chi connectivity index (χ1) is 12.1. The average Bonchev–Trinajstić information content (AvgIpc) is 3.35. The molecule has 0 aliphatic heterocycles. The minimum atomic E-state index is -0.198. The van der Waals surface area contributed by atoms with E-state index in [1.54, 1.807) is 6.07 Å². The van der Waals surface area contributed by atoms with Gasteiger partial charge in [-0.3, -0.25) is 9.89 Å². The van der Waals surface area contributed by atoms with E-state index in [2.05, 4.69) is 20.6 Å². The van der Waals surface area contributed by atoms with Crippen LogP contribution in [0.1, 0.15) is 47.8 Å². The molecule has 0 spiro atoms. The van der Waals surface area contributed by atoms with Crippen LogP contribution in [-0.4, -0.2) is 30.5 Å². The zero-order valence-corrected chi connectivity index (χ0v) is 14.5. The van der Waals surface area contributed by atoms with Gasteiger partial charge in [-0.25, -0.2) is 4.68 Å². The zero-order valence-electron chi connectivity index (χ0n) is 14.5. The minimum absolute atomic E-state index is 0.198. The first-order valence-electron chi connectivity index (χ1n) is 8.66. The fourth-order valence-electron chi connectivity index (χ4n) is 3.50. The number of carbonyl (C=O) groups excluding carboxylic acids is 1. The number of H-pyrrole nitrogens is 1. The van der Waals surface area contributed by atoms with Gasteiger partial charge in [-0.15, -0.1) is 0 Å². The second-order valence-electron chi connectivity index (χ2n) is 6.68. The Hall–Kier alpha value is -2.83. The Labute approximate surface area is 146 Å². The lowest BCUT2D eigenvalue weighted by molar-refractivity contribution is 0.102. The minimum Gasteiger partial charge on any atom is -0.349 e. The molecule has 0 radical (unpaired) electrons. The van der Waals surface area contributed by atoms with Gasteiger partial charge in [-0.1, -0.05) is 12.8 Å². The van der Waals surface area contributed by atoms with Gasteiger partial charge in [0.15, 0.2) is 0 Å². The molecule has 1 aliphatic carbocycles. The van der Waals surface area contributed by atoms with Crippen LogP contribution in [0.3, 0.4) is 0 Å². The molecule has 3 aromatic rings. The largest absolute Gasteiger partial charge is 0.349 e. The fourth-order valence-corrected chi connectivity index (χ4v) is 3.50. The van der Waals surface area contributed by atoms with Crippen LogP contribution in [-0.2, 0) is 7.05 Å². The number of aromatic amines is 1. The van der Waals surface area contributed by atoms with Gasteiger partial charge < -0.3 is 9.88 Å². The maximum Gasteiger partial charge on any atom is 0.274 e. The summed E-state index contributed by atoms with van der Waals surface area (Å²) in [4.78, 5) is 12.7. The van der Waals surface area contributed by atoms with Crippen molar-refractivity contribution in [3.05, 3.63) is 41.9 Å². The molecule has 0 atom stereocenters. The van der Waals surface area contributed by atoms with Crippen LogP contribution in [0.25, 0.3) is 11.4 Å². The molecule has 130 valence electrons. The van der Waals surface area contributed by atoms with Gasteiger partial charge in [0, 0.05) is 18.8 Å². The topological polar surface area (TPSA) is 80.5 Å². The van der Waals surface area contributed by atoms with Crippen molar-refractivity contribution >= 4 is 11.7 Å². The molecule has 1 saturated carbocycles. The third-order valence-corrected chi connectivity index (χ3v) is 4.91. The van der Waals surface area contributed by atoms with Crippen molar-refractivity contribution < 1.29 is 4.79 Å². The molecule has 1 aliphatic rings. The van der Waals surface area contributed by atoms with E-state index in [0.717, 1.165) is 35.6 Å². The number of hydrogen-bond donors (Lipinski definition) is 2. The standard InChI is InChI=1S/C18H22N6O/c1-12-11-19-24(13-6-3-4-7-13)17(12)20-18(25)15-10-14(21-22-15)16-8-5-9-23(16)2/h5,8-11,13H,3-4,6-7H2,1-2H3,(H,20,25)(H,21,22). The SMILES string of the molecule is Cc1cnn(C2CCCC2)c1NC(=O)c1cc(-c2cccn2C)n[nH]1. The molecule has 7 heteroatoms. The molecular weight excluding hydrogens is 316 g/mol. The summed E-state index contributed by atoms with van der Waals surface area (Å²) >= 11 is 0. The molecule has 25 heavy (non-hydrogen) atoms. The maximum absolute atomic E-state index is 12.7. The molecule has 0 unspecified atom stereocenters. The van der Waals surface area contributed by atoms with Crippen molar-refractivity contribution in [2.24, 2.45) is 7.05 Å². The van der Waals surface area contributed by atoms with Crippen LogP contribution < -0.4 is 5.32 Å². The second kappa shape index (κ2) is 6.23. The first kappa shape index (κ1) is 15.7. The molecule has 3 heterocycles. The van der Waals surface area contributed by atoms with Gasteiger partial charge in [-0.05, 0) is 38.0 Å². The first-order valence-corrected chi connectivity index (χ1v) is 8.66. The summed E-state index contributed by atoms with van der Waals surface area (Å²) in [5.41, 5.74) is 3.12. The van der Waals surface area contributed by atoms with Gasteiger partial charge in [0.25, 0.3) is 5.91 Å². The molecule has 0 saturated heterocycles. The summed E-state index contributed by atoms with van der Waals surface area (Å²) in [7, 11) is 1.95. The van der Waals surface area contributed by atoms with Crippen molar-refractivity contribution in [3.8, 4) is 11.4 Å². The fraction of sp³-hybridized carbons (Fsp3) is 0.389. The normalized spacial score (nSPS) is 15.0. The highest BCUT2D eigenvalue weighted by Gasteiger charge is 2.23. The lowest BCUT2D eigenvalue weighted by atomic mass is 10.2. The van der Waals surface area contributed by atoms with Crippen LogP contribution >= 0.6 is 0 Å². The molecular formula is C18H22N6O. The molecule has 4 rings (SSSR count). The van der Waals surface area contributed by atoms with Crippen molar-refractivity contribution in [2.45, 2.75) is 38.6 Å². The molecule has 1 amide bonds. The molecule has 1 fully saturated rings. The number of aryl methyl sites for hydroxylation is 2. The Balaban J connectivity index is 1.56.